The number of methoxy groups -OCH3 is 1. The van der Waals surface area contributed by atoms with Crippen LogP contribution in [0.5, 0.6) is 0 Å². The van der Waals surface area contributed by atoms with Crippen LogP contribution in [0.4, 0.5) is 0 Å². The fourth-order valence-corrected chi connectivity index (χ4v) is 4.47. The smallest absolute Gasteiger partial charge is 0.310 e. The maximum Gasteiger partial charge on any atom is 0.310 e. The summed E-state index contributed by atoms with van der Waals surface area (Å²) < 4.78 is 33.2. The van der Waals surface area contributed by atoms with E-state index in [-0.39, 0.29) is 29.3 Å². The summed E-state index contributed by atoms with van der Waals surface area (Å²) >= 11 is 0. The number of nitrogens with zero attached hydrogens (tertiary/aromatic N) is 1. The van der Waals surface area contributed by atoms with Crippen LogP contribution in [0.25, 0.3) is 0 Å². The van der Waals surface area contributed by atoms with Gasteiger partial charge in [-0.15, -0.1) is 0 Å². The molecule has 0 N–H and O–H groups in total. The van der Waals surface area contributed by atoms with Crippen molar-refractivity contribution in [2.75, 3.05) is 51.5 Å². The van der Waals surface area contributed by atoms with Crippen molar-refractivity contribution in [3.8, 4) is 0 Å². The molecule has 2 aliphatic heterocycles. The van der Waals surface area contributed by atoms with Crippen molar-refractivity contribution in [1.29, 1.82) is 0 Å². The SMILES string of the molecule is COC(=O)C(CN1CCOCC1)C1CCS(=O)(=O)CC1. The predicted molar refractivity (Wildman–Crippen MR) is 74.1 cm³/mol. The van der Waals surface area contributed by atoms with Crippen molar-refractivity contribution in [3.05, 3.63) is 0 Å². The second-order valence-corrected chi connectivity index (χ2v) is 7.84. The van der Waals surface area contributed by atoms with Crippen LogP contribution in [-0.4, -0.2) is 70.8 Å². The van der Waals surface area contributed by atoms with Gasteiger partial charge >= 0.3 is 5.97 Å². The molecule has 0 saturated carbocycles. The van der Waals surface area contributed by atoms with Gasteiger partial charge in [0, 0.05) is 19.6 Å². The Labute approximate surface area is 120 Å². The van der Waals surface area contributed by atoms with Crippen LogP contribution in [0.15, 0.2) is 0 Å². The van der Waals surface area contributed by atoms with E-state index in [0.717, 1.165) is 13.1 Å². The molecule has 2 rings (SSSR count). The highest BCUT2D eigenvalue weighted by Crippen LogP contribution is 2.28. The third-order valence-electron chi connectivity index (χ3n) is 4.23. The van der Waals surface area contributed by atoms with Crippen LogP contribution in [0, 0.1) is 11.8 Å². The second-order valence-electron chi connectivity index (χ2n) is 5.53. The summed E-state index contributed by atoms with van der Waals surface area (Å²) in [5, 5.41) is 0. The van der Waals surface area contributed by atoms with E-state index in [9.17, 15) is 13.2 Å². The Morgan fingerprint density at radius 2 is 1.90 bits per heavy atom. The van der Waals surface area contributed by atoms with E-state index < -0.39 is 9.84 Å². The minimum atomic E-state index is -2.90. The van der Waals surface area contributed by atoms with Crippen molar-refractivity contribution >= 4 is 15.8 Å². The van der Waals surface area contributed by atoms with E-state index in [1.807, 2.05) is 0 Å². The summed E-state index contributed by atoms with van der Waals surface area (Å²) in [5.74, 6) is 0.0333. The molecule has 6 nitrogen and oxygen atoms in total. The Kier molecular flexibility index (Phi) is 5.40. The lowest BCUT2D eigenvalue weighted by Crippen LogP contribution is -2.44. The Morgan fingerprint density at radius 3 is 2.45 bits per heavy atom. The molecule has 0 bridgehead atoms. The van der Waals surface area contributed by atoms with Gasteiger partial charge < -0.3 is 9.47 Å². The first-order valence-electron chi connectivity index (χ1n) is 7.10. The first-order chi connectivity index (χ1) is 9.52. The van der Waals surface area contributed by atoms with Crippen molar-refractivity contribution in [2.45, 2.75) is 12.8 Å². The van der Waals surface area contributed by atoms with Crippen LogP contribution >= 0.6 is 0 Å². The van der Waals surface area contributed by atoms with E-state index >= 15 is 0 Å². The average molecular weight is 305 g/mol. The standard InChI is InChI=1S/C13H23NO5S/c1-18-13(15)12(10-14-4-6-19-7-5-14)11-2-8-20(16,17)9-3-11/h11-12H,2-10H2,1H3. The maximum atomic E-state index is 12.0. The number of sulfone groups is 1. The predicted octanol–water partition coefficient (Wildman–Crippen LogP) is -0.0674. The van der Waals surface area contributed by atoms with E-state index in [4.69, 9.17) is 9.47 Å². The number of hydrogen-bond donors (Lipinski definition) is 0. The van der Waals surface area contributed by atoms with Gasteiger partial charge in [-0.1, -0.05) is 0 Å². The van der Waals surface area contributed by atoms with Crippen LogP contribution in [0.1, 0.15) is 12.8 Å². The van der Waals surface area contributed by atoms with Crippen molar-refractivity contribution in [1.82, 2.24) is 4.90 Å². The fourth-order valence-electron chi connectivity index (χ4n) is 2.94. The van der Waals surface area contributed by atoms with Gasteiger partial charge in [0.05, 0.1) is 37.7 Å². The molecular formula is C13H23NO5S. The highest BCUT2D eigenvalue weighted by molar-refractivity contribution is 7.91. The van der Waals surface area contributed by atoms with Gasteiger partial charge in [-0.2, -0.15) is 0 Å². The number of carbonyl (C=O) groups excluding carboxylic acids is 1. The molecule has 0 aromatic heterocycles. The summed E-state index contributed by atoms with van der Waals surface area (Å²) in [6, 6.07) is 0. The second kappa shape index (κ2) is 6.87. The van der Waals surface area contributed by atoms with E-state index in [1.54, 1.807) is 0 Å². The van der Waals surface area contributed by atoms with Gasteiger partial charge in [0.1, 0.15) is 9.84 Å². The molecule has 0 radical (unpaired) electrons. The van der Waals surface area contributed by atoms with E-state index in [1.165, 1.54) is 7.11 Å². The number of rotatable bonds is 4. The Bertz CT molecular complexity index is 416. The number of carbonyl (C=O) groups is 1. The van der Waals surface area contributed by atoms with Gasteiger partial charge in [0.15, 0.2) is 0 Å². The summed E-state index contributed by atoms with van der Waals surface area (Å²) in [6.45, 7) is 3.65. The molecule has 116 valence electrons. The average Bonchev–Trinajstić information content (AvgIpc) is 2.45. The van der Waals surface area contributed by atoms with Crippen molar-refractivity contribution in [2.24, 2.45) is 11.8 Å². The van der Waals surface area contributed by atoms with Gasteiger partial charge in [0.2, 0.25) is 0 Å². The molecule has 0 aromatic rings. The molecule has 2 saturated heterocycles. The van der Waals surface area contributed by atoms with Gasteiger partial charge in [-0.3, -0.25) is 9.69 Å². The summed E-state index contributed by atoms with van der Waals surface area (Å²) in [5.41, 5.74) is 0. The molecule has 0 amide bonds. The lowest BCUT2D eigenvalue weighted by atomic mass is 9.87. The monoisotopic (exact) mass is 305 g/mol. The van der Waals surface area contributed by atoms with Gasteiger partial charge in [0.25, 0.3) is 0 Å². The van der Waals surface area contributed by atoms with E-state index in [0.29, 0.717) is 32.6 Å². The molecule has 0 aromatic carbocycles. The molecule has 2 aliphatic rings. The summed E-state index contributed by atoms with van der Waals surface area (Å²) in [6.07, 6.45) is 1.12. The largest absolute Gasteiger partial charge is 0.469 e. The zero-order chi connectivity index (χ0) is 14.6. The Morgan fingerprint density at radius 1 is 1.30 bits per heavy atom. The fraction of sp³-hybridized carbons (Fsp3) is 0.923. The van der Waals surface area contributed by atoms with Gasteiger partial charge in [-0.25, -0.2) is 8.42 Å². The molecule has 1 unspecified atom stereocenters. The third-order valence-corrected chi connectivity index (χ3v) is 5.95. The number of hydrogen-bond acceptors (Lipinski definition) is 6. The zero-order valence-corrected chi connectivity index (χ0v) is 12.7. The molecular weight excluding hydrogens is 282 g/mol. The first-order valence-corrected chi connectivity index (χ1v) is 8.92. The molecule has 2 heterocycles. The number of esters is 1. The molecule has 20 heavy (non-hydrogen) atoms. The Balaban J connectivity index is 1.98. The van der Waals surface area contributed by atoms with Crippen LogP contribution < -0.4 is 0 Å². The first kappa shape index (κ1) is 15.7. The minimum Gasteiger partial charge on any atom is -0.469 e. The minimum absolute atomic E-state index is 0.105. The highest BCUT2D eigenvalue weighted by Gasteiger charge is 2.35. The maximum absolute atomic E-state index is 12.0. The third kappa shape index (κ3) is 4.17. The lowest BCUT2D eigenvalue weighted by Gasteiger charge is -2.34. The molecule has 0 aliphatic carbocycles. The topological polar surface area (TPSA) is 72.9 Å². The Hall–Kier alpha value is -0.660. The van der Waals surface area contributed by atoms with E-state index in [2.05, 4.69) is 4.90 Å². The number of ether oxygens (including phenoxy) is 2. The van der Waals surface area contributed by atoms with Crippen molar-refractivity contribution in [3.63, 3.8) is 0 Å². The zero-order valence-electron chi connectivity index (χ0n) is 11.9. The quantitative estimate of drug-likeness (QED) is 0.677. The molecule has 2 fully saturated rings. The number of morpholine rings is 1. The van der Waals surface area contributed by atoms with Crippen molar-refractivity contribution < 1.29 is 22.7 Å². The van der Waals surface area contributed by atoms with Crippen LogP contribution in [-0.2, 0) is 24.1 Å². The molecule has 7 heteroatoms. The van der Waals surface area contributed by atoms with Crippen LogP contribution in [0.2, 0.25) is 0 Å². The lowest BCUT2D eigenvalue weighted by molar-refractivity contribution is -0.149. The highest BCUT2D eigenvalue weighted by atomic mass is 32.2. The van der Waals surface area contributed by atoms with Crippen LogP contribution in [0.3, 0.4) is 0 Å². The summed E-state index contributed by atoms with van der Waals surface area (Å²) in [4.78, 5) is 14.2. The molecule has 1 atom stereocenters. The summed E-state index contributed by atoms with van der Waals surface area (Å²) in [7, 11) is -1.50. The molecule has 0 spiro atoms. The normalized spacial score (nSPS) is 26.1. The van der Waals surface area contributed by atoms with Gasteiger partial charge in [-0.05, 0) is 18.8 Å².